The maximum absolute atomic E-state index is 12.2. The van der Waals surface area contributed by atoms with E-state index in [0.717, 1.165) is 24.8 Å². The Bertz CT molecular complexity index is 624. The van der Waals surface area contributed by atoms with Crippen molar-refractivity contribution in [3.8, 4) is 5.88 Å². The number of hydrogen-bond acceptors (Lipinski definition) is 4. The molecule has 3 rings (SSSR count). The summed E-state index contributed by atoms with van der Waals surface area (Å²) in [6.07, 6.45) is 0.750. The second kappa shape index (κ2) is 7.47. The number of nitrogens with zero attached hydrogens (tertiary/aromatic N) is 2. The largest absolute Gasteiger partial charge is 0.468 e. The molecule has 2 aliphatic rings. The van der Waals surface area contributed by atoms with Crippen LogP contribution in [0.2, 0.25) is 0 Å². The molecule has 0 spiro atoms. The predicted octanol–water partition coefficient (Wildman–Crippen LogP) is 2.01. The Morgan fingerprint density at radius 3 is 2.92 bits per heavy atom. The first kappa shape index (κ1) is 17.8. The number of ether oxygens (including phenoxy) is 2. The molecule has 3 atom stereocenters. The SMILES string of the molecule is CN=C(NCc1ccnc(OCC(F)(F)F)c1)NC1CC2CCC1O2. The van der Waals surface area contributed by atoms with E-state index in [1.165, 1.54) is 12.3 Å². The molecular formula is C16H21F3N4O2. The van der Waals surface area contributed by atoms with E-state index in [1.54, 1.807) is 13.1 Å². The summed E-state index contributed by atoms with van der Waals surface area (Å²) in [5.74, 6) is 0.580. The highest BCUT2D eigenvalue weighted by Crippen LogP contribution is 2.34. The van der Waals surface area contributed by atoms with Gasteiger partial charge in [0, 0.05) is 25.9 Å². The van der Waals surface area contributed by atoms with Crippen LogP contribution in [0.25, 0.3) is 0 Å². The number of halogens is 3. The molecule has 2 bridgehead atoms. The van der Waals surface area contributed by atoms with Crippen LogP contribution in [0.5, 0.6) is 5.88 Å². The summed E-state index contributed by atoms with van der Waals surface area (Å²) < 4.78 is 47.1. The van der Waals surface area contributed by atoms with Crippen molar-refractivity contribution < 1.29 is 22.6 Å². The summed E-state index contributed by atoms with van der Waals surface area (Å²) in [5.41, 5.74) is 0.749. The summed E-state index contributed by atoms with van der Waals surface area (Å²) in [5, 5.41) is 6.49. The molecule has 1 aromatic rings. The van der Waals surface area contributed by atoms with Crippen LogP contribution in [0.3, 0.4) is 0 Å². The monoisotopic (exact) mass is 358 g/mol. The van der Waals surface area contributed by atoms with E-state index in [9.17, 15) is 13.2 Å². The van der Waals surface area contributed by atoms with Gasteiger partial charge in [-0.2, -0.15) is 13.2 Å². The second-order valence-corrected chi connectivity index (χ2v) is 6.19. The Morgan fingerprint density at radius 2 is 2.28 bits per heavy atom. The van der Waals surface area contributed by atoms with E-state index in [-0.39, 0.29) is 18.0 Å². The van der Waals surface area contributed by atoms with Crippen LogP contribution in [0, 0.1) is 0 Å². The van der Waals surface area contributed by atoms with Crippen LogP contribution in [0.1, 0.15) is 24.8 Å². The molecule has 25 heavy (non-hydrogen) atoms. The van der Waals surface area contributed by atoms with Crippen molar-refractivity contribution in [2.45, 2.75) is 50.2 Å². The highest BCUT2D eigenvalue weighted by atomic mass is 19.4. The molecule has 2 saturated heterocycles. The quantitative estimate of drug-likeness (QED) is 0.623. The van der Waals surface area contributed by atoms with Gasteiger partial charge in [-0.15, -0.1) is 0 Å². The Balaban J connectivity index is 1.50. The molecule has 2 fully saturated rings. The molecule has 0 saturated carbocycles. The van der Waals surface area contributed by atoms with Crippen molar-refractivity contribution in [1.29, 1.82) is 0 Å². The lowest BCUT2D eigenvalue weighted by atomic mass is 9.96. The van der Waals surface area contributed by atoms with Crippen LogP contribution in [0.15, 0.2) is 23.3 Å². The number of aliphatic imine (C=N–C) groups is 1. The van der Waals surface area contributed by atoms with Gasteiger partial charge in [0.25, 0.3) is 0 Å². The zero-order valence-electron chi connectivity index (χ0n) is 13.8. The summed E-state index contributed by atoms with van der Waals surface area (Å²) in [6.45, 7) is -0.962. The van der Waals surface area contributed by atoms with Crippen molar-refractivity contribution in [2.75, 3.05) is 13.7 Å². The lowest BCUT2D eigenvalue weighted by molar-refractivity contribution is -0.154. The summed E-state index contributed by atoms with van der Waals surface area (Å²) in [4.78, 5) is 7.97. The number of aromatic nitrogens is 1. The fraction of sp³-hybridized carbons (Fsp3) is 0.625. The van der Waals surface area contributed by atoms with Gasteiger partial charge in [0.05, 0.1) is 18.2 Å². The van der Waals surface area contributed by atoms with Crippen LogP contribution >= 0.6 is 0 Å². The summed E-state index contributed by atoms with van der Waals surface area (Å²) in [6, 6.07) is 3.43. The fourth-order valence-corrected chi connectivity index (χ4v) is 3.14. The molecule has 0 aliphatic carbocycles. The maximum atomic E-state index is 12.2. The third-order valence-electron chi connectivity index (χ3n) is 4.29. The Labute approximate surface area is 143 Å². The molecule has 6 nitrogen and oxygen atoms in total. The van der Waals surface area contributed by atoms with Gasteiger partial charge in [-0.1, -0.05) is 0 Å². The van der Waals surface area contributed by atoms with Gasteiger partial charge in [-0.3, -0.25) is 4.99 Å². The highest BCUT2D eigenvalue weighted by Gasteiger charge is 2.41. The normalized spacial score (nSPS) is 25.9. The second-order valence-electron chi connectivity index (χ2n) is 6.19. The van der Waals surface area contributed by atoms with E-state index < -0.39 is 12.8 Å². The smallest absolute Gasteiger partial charge is 0.422 e. The molecular weight excluding hydrogens is 337 g/mol. The standard InChI is InChI=1S/C16H21F3N4O2/c1-20-15(23-12-7-11-2-3-13(12)25-11)22-8-10-4-5-21-14(6-10)24-9-16(17,18)19/h4-6,11-13H,2-3,7-9H2,1H3,(H2,20,22,23). The molecule has 9 heteroatoms. The number of alkyl halides is 3. The molecule has 0 amide bonds. The predicted molar refractivity (Wildman–Crippen MR) is 85.4 cm³/mol. The highest BCUT2D eigenvalue weighted by molar-refractivity contribution is 5.80. The molecule has 2 N–H and O–H groups in total. The van der Waals surface area contributed by atoms with Crippen LogP contribution in [-0.2, 0) is 11.3 Å². The van der Waals surface area contributed by atoms with Crippen molar-refractivity contribution in [1.82, 2.24) is 15.6 Å². The minimum Gasteiger partial charge on any atom is -0.468 e. The van der Waals surface area contributed by atoms with E-state index >= 15 is 0 Å². The van der Waals surface area contributed by atoms with Crippen LogP contribution < -0.4 is 15.4 Å². The average molecular weight is 358 g/mol. The Hall–Kier alpha value is -2.03. The van der Waals surface area contributed by atoms with E-state index in [1.807, 2.05) is 0 Å². The molecule has 0 aromatic carbocycles. The number of guanidine groups is 1. The maximum Gasteiger partial charge on any atom is 0.422 e. The third kappa shape index (κ3) is 4.97. The minimum atomic E-state index is -4.38. The number of fused-ring (bicyclic) bond motifs is 2. The Morgan fingerprint density at radius 1 is 1.44 bits per heavy atom. The van der Waals surface area contributed by atoms with Gasteiger partial charge in [-0.05, 0) is 30.9 Å². The van der Waals surface area contributed by atoms with Gasteiger partial charge in [-0.25, -0.2) is 4.98 Å². The molecule has 138 valence electrons. The first-order valence-corrected chi connectivity index (χ1v) is 8.20. The van der Waals surface area contributed by atoms with Crippen LogP contribution in [0.4, 0.5) is 13.2 Å². The number of rotatable bonds is 5. The summed E-state index contributed by atoms with van der Waals surface area (Å²) in [7, 11) is 1.67. The topological polar surface area (TPSA) is 67.8 Å². The lowest BCUT2D eigenvalue weighted by Crippen LogP contribution is -2.47. The van der Waals surface area contributed by atoms with E-state index in [2.05, 4.69) is 25.3 Å². The first-order chi connectivity index (χ1) is 11.9. The van der Waals surface area contributed by atoms with Gasteiger partial charge in [0.15, 0.2) is 12.6 Å². The molecule has 2 aliphatic heterocycles. The van der Waals surface area contributed by atoms with Crippen molar-refractivity contribution in [2.24, 2.45) is 4.99 Å². The third-order valence-corrected chi connectivity index (χ3v) is 4.29. The van der Waals surface area contributed by atoms with Crippen molar-refractivity contribution >= 4 is 5.96 Å². The van der Waals surface area contributed by atoms with Gasteiger partial charge < -0.3 is 20.1 Å². The summed E-state index contributed by atoms with van der Waals surface area (Å²) >= 11 is 0. The first-order valence-electron chi connectivity index (χ1n) is 8.20. The van der Waals surface area contributed by atoms with E-state index in [4.69, 9.17) is 4.74 Å². The fourth-order valence-electron chi connectivity index (χ4n) is 3.14. The van der Waals surface area contributed by atoms with Crippen LogP contribution in [-0.4, -0.2) is 49.0 Å². The van der Waals surface area contributed by atoms with Crippen molar-refractivity contribution in [3.05, 3.63) is 23.9 Å². The average Bonchev–Trinajstić information content (AvgIpc) is 3.19. The molecule has 0 radical (unpaired) electrons. The molecule has 3 unspecified atom stereocenters. The molecule has 1 aromatic heterocycles. The number of hydrogen-bond donors (Lipinski definition) is 2. The lowest BCUT2D eigenvalue weighted by Gasteiger charge is -2.22. The van der Waals surface area contributed by atoms with Crippen molar-refractivity contribution in [3.63, 3.8) is 0 Å². The van der Waals surface area contributed by atoms with E-state index in [0.29, 0.717) is 18.6 Å². The van der Waals surface area contributed by atoms with Gasteiger partial charge >= 0.3 is 6.18 Å². The molecule has 3 heterocycles. The zero-order valence-corrected chi connectivity index (χ0v) is 13.8. The Kier molecular flexibility index (Phi) is 5.31. The van der Waals surface area contributed by atoms with Gasteiger partial charge in [0.2, 0.25) is 5.88 Å². The zero-order chi connectivity index (χ0) is 17.9. The minimum absolute atomic E-state index is 0.0546. The van der Waals surface area contributed by atoms with Gasteiger partial charge in [0.1, 0.15) is 0 Å². The number of nitrogens with one attached hydrogen (secondary N) is 2. The number of pyridine rings is 1.